The lowest BCUT2D eigenvalue weighted by Crippen LogP contribution is -3.12. The lowest BCUT2D eigenvalue weighted by atomic mass is 10.1. The smallest absolute Gasteiger partial charge is 0.0770 e. The third-order valence-corrected chi connectivity index (χ3v) is 5.94. The SMILES string of the molecule is CCC(=O)[O-].CCCCCCCC[NH+](CCCCCCCC)CCCCCCCC. The van der Waals surface area contributed by atoms with Gasteiger partial charge < -0.3 is 14.8 Å². The van der Waals surface area contributed by atoms with E-state index in [0.717, 1.165) is 0 Å². The van der Waals surface area contributed by atoms with E-state index in [-0.39, 0.29) is 6.42 Å². The number of quaternary nitrogens is 1. The molecular formula is C27H57NO2. The van der Waals surface area contributed by atoms with E-state index in [1.54, 1.807) is 0 Å². The van der Waals surface area contributed by atoms with Crippen molar-refractivity contribution >= 4 is 5.97 Å². The zero-order valence-electron chi connectivity index (χ0n) is 21.4. The molecule has 0 spiro atoms. The van der Waals surface area contributed by atoms with Crippen molar-refractivity contribution in [3.8, 4) is 0 Å². The van der Waals surface area contributed by atoms with Gasteiger partial charge in [0.25, 0.3) is 0 Å². The molecule has 30 heavy (non-hydrogen) atoms. The molecule has 0 aromatic heterocycles. The van der Waals surface area contributed by atoms with Crippen LogP contribution in [0, 0.1) is 0 Å². The molecule has 0 aromatic rings. The van der Waals surface area contributed by atoms with Crippen molar-refractivity contribution < 1.29 is 14.8 Å². The molecule has 0 rings (SSSR count). The number of rotatable bonds is 22. The standard InChI is InChI=1S/C24H51N.C3H6O2/c1-4-7-10-13-16-19-22-25(23-20-17-14-11-8-5-2)24-21-18-15-12-9-6-3;1-2-3(4)5/h4-24H2,1-3H3;2H2,1H3,(H,4,5). The Hall–Kier alpha value is -0.570. The Balaban J connectivity index is 0. The zero-order chi connectivity index (χ0) is 22.7. The number of carbonyl (C=O) groups excluding carboxylic acids is 1. The highest BCUT2D eigenvalue weighted by atomic mass is 16.4. The highest BCUT2D eigenvalue weighted by Gasteiger charge is 2.08. The Morgan fingerprint density at radius 2 is 0.733 bits per heavy atom. The number of carboxylic acids is 1. The van der Waals surface area contributed by atoms with Crippen LogP contribution in [0.5, 0.6) is 0 Å². The number of aliphatic carboxylic acids is 1. The van der Waals surface area contributed by atoms with Gasteiger partial charge in [0, 0.05) is 5.97 Å². The van der Waals surface area contributed by atoms with Gasteiger partial charge in [-0.1, -0.05) is 105 Å². The minimum Gasteiger partial charge on any atom is -0.550 e. The van der Waals surface area contributed by atoms with Crippen LogP contribution in [-0.4, -0.2) is 25.6 Å². The molecule has 0 unspecified atom stereocenters. The quantitative estimate of drug-likeness (QED) is 0.212. The number of carboxylic acid groups (broad SMARTS) is 1. The Labute approximate surface area is 190 Å². The van der Waals surface area contributed by atoms with Gasteiger partial charge in [-0.3, -0.25) is 0 Å². The Bertz CT molecular complexity index is 282. The van der Waals surface area contributed by atoms with Crippen LogP contribution in [0.15, 0.2) is 0 Å². The molecule has 0 aliphatic carbocycles. The summed E-state index contributed by atoms with van der Waals surface area (Å²) in [6.45, 7) is 12.8. The monoisotopic (exact) mass is 427 g/mol. The second-order valence-corrected chi connectivity index (χ2v) is 9.03. The molecule has 0 bridgehead atoms. The van der Waals surface area contributed by atoms with Gasteiger partial charge in [0.1, 0.15) is 0 Å². The first-order valence-electron chi connectivity index (χ1n) is 13.7. The average molecular weight is 428 g/mol. The van der Waals surface area contributed by atoms with Crippen LogP contribution in [0.4, 0.5) is 0 Å². The maximum Gasteiger partial charge on any atom is 0.0770 e. The first-order valence-corrected chi connectivity index (χ1v) is 13.7. The van der Waals surface area contributed by atoms with Crippen LogP contribution in [-0.2, 0) is 4.79 Å². The maximum absolute atomic E-state index is 9.26. The summed E-state index contributed by atoms with van der Waals surface area (Å²) in [6, 6.07) is 0. The minimum absolute atomic E-state index is 0.111. The average Bonchev–Trinajstić information content (AvgIpc) is 2.75. The number of hydrogen-bond acceptors (Lipinski definition) is 2. The molecule has 0 heterocycles. The van der Waals surface area contributed by atoms with Crippen molar-refractivity contribution in [2.75, 3.05) is 19.6 Å². The van der Waals surface area contributed by atoms with Gasteiger partial charge in [-0.25, -0.2) is 0 Å². The Morgan fingerprint density at radius 3 is 0.967 bits per heavy atom. The second-order valence-electron chi connectivity index (χ2n) is 9.03. The summed E-state index contributed by atoms with van der Waals surface area (Å²) in [7, 11) is 0. The predicted molar refractivity (Wildman–Crippen MR) is 131 cm³/mol. The van der Waals surface area contributed by atoms with Crippen molar-refractivity contribution in [2.24, 2.45) is 0 Å². The highest BCUT2D eigenvalue weighted by Crippen LogP contribution is 2.06. The van der Waals surface area contributed by atoms with Crippen molar-refractivity contribution in [1.29, 1.82) is 0 Å². The van der Waals surface area contributed by atoms with E-state index in [1.807, 2.05) is 4.90 Å². The van der Waals surface area contributed by atoms with Crippen molar-refractivity contribution in [2.45, 2.75) is 150 Å². The fourth-order valence-corrected chi connectivity index (χ4v) is 3.84. The predicted octanol–water partition coefficient (Wildman–Crippen LogP) is 6.10. The molecule has 182 valence electrons. The molecule has 3 heteroatoms. The molecule has 0 atom stereocenters. The van der Waals surface area contributed by atoms with Crippen LogP contribution in [0.3, 0.4) is 0 Å². The summed E-state index contributed by atoms with van der Waals surface area (Å²) in [6.07, 6.45) is 26.1. The first-order chi connectivity index (χ1) is 14.6. The maximum atomic E-state index is 9.26. The minimum atomic E-state index is -0.995. The van der Waals surface area contributed by atoms with E-state index in [9.17, 15) is 9.90 Å². The zero-order valence-corrected chi connectivity index (χ0v) is 21.4. The molecule has 0 radical (unpaired) electrons. The number of unbranched alkanes of at least 4 members (excludes halogenated alkanes) is 15. The van der Waals surface area contributed by atoms with Gasteiger partial charge in [0.15, 0.2) is 0 Å². The number of carbonyl (C=O) groups is 1. The van der Waals surface area contributed by atoms with E-state index >= 15 is 0 Å². The van der Waals surface area contributed by atoms with E-state index in [2.05, 4.69) is 20.8 Å². The molecule has 1 N–H and O–H groups in total. The second kappa shape index (κ2) is 28.4. The fraction of sp³-hybridized carbons (Fsp3) is 0.963. The van der Waals surface area contributed by atoms with E-state index in [0.29, 0.717) is 0 Å². The molecule has 0 aliphatic heterocycles. The molecule has 0 amide bonds. The van der Waals surface area contributed by atoms with Crippen molar-refractivity contribution in [1.82, 2.24) is 0 Å². The molecule has 0 aliphatic rings. The molecule has 3 nitrogen and oxygen atoms in total. The topological polar surface area (TPSA) is 44.6 Å². The molecule has 0 fully saturated rings. The van der Waals surface area contributed by atoms with E-state index < -0.39 is 5.97 Å². The normalized spacial score (nSPS) is 10.8. The summed E-state index contributed by atoms with van der Waals surface area (Å²) in [5, 5.41) is 9.26. The van der Waals surface area contributed by atoms with Crippen LogP contribution in [0.25, 0.3) is 0 Å². The number of hydrogen-bond donors (Lipinski definition) is 1. The van der Waals surface area contributed by atoms with Crippen molar-refractivity contribution in [3.63, 3.8) is 0 Å². The van der Waals surface area contributed by atoms with Crippen LogP contribution >= 0.6 is 0 Å². The summed E-state index contributed by atoms with van der Waals surface area (Å²) in [5.41, 5.74) is 0. The fourth-order valence-electron chi connectivity index (χ4n) is 3.84. The third-order valence-electron chi connectivity index (χ3n) is 5.94. The van der Waals surface area contributed by atoms with Crippen LogP contribution in [0.1, 0.15) is 150 Å². The Kier molecular flexibility index (Phi) is 30.0. The van der Waals surface area contributed by atoms with Gasteiger partial charge in [0.2, 0.25) is 0 Å². The van der Waals surface area contributed by atoms with Gasteiger partial charge in [-0.2, -0.15) is 0 Å². The van der Waals surface area contributed by atoms with E-state index in [4.69, 9.17) is 0 Å². The summed E-state index contributed by atoms with van der Waals surface area (Å²) < 4.78 is 0. The van der Waals surface area contributed by atoms with Gasteiger partial charge in [-0.05, 0) is 44.9 Å². The van der Waals surface area contributed by atoms with Crippen molar-refractivity contribution in [3.05, 3.63) is 0 Å². The molecular weight excluding hydrogens is 370 g/mol. The first kappa shape index (κ1) is 31.6. The molecule has 0 aromatic carbocycles. The summed E-state index contributed by atoms with van der Waals surface area (Å²) >= 11 is 0. The van der Waals surface area contributed by atoms with E-state index in [1.165, 1.54) is 142 Å². The van der Waals surface area contributed by atoms with Crippen LogP contribution < -0.4 is 10.0 Å². The third kappa shape index (κ3) is 29.6. The largest absolute Gasteiger partial charge is 0.550 e. The number of nitrogens with one attached hydrogen (secondary N) is 1. The molecule has 0 saturated carbocycles. The van der Waals surface area contributed by atoms with Gasteiger partial charge in [0.05, 0.1) is 19.6 Å². The summed E-state index contributed by atoms with van der Waals surface area (Å²) in [4.78, 5) is 11.2. The lowest BCUT2D eigenvalue weighted by molar-refractivity contribution is -0.900. The Morgan fingerprint density at radius 1 is 0.500 bits per heavy atom. The van der Waals surface area contributed by atoms with Gasteiger partial charge >= 0.3 is 0 Å². The highest BCUT2D eigenvalue weighted by molar-refractivity contribution is 5.63. The lowest BCUT2D eigenvalue weighted by Gasteiger charge is -2.19. The summed E-state index contributed by atoms with van der Waals surface area (Å²) in [5.74, 6) is -0.995. The van der Waals surface area contributed by atoms with Gasteiger partial charge in [-0.15, -0.1) is 0 Å². The van der Waals surface area contributed by atoms with Crippen LogP contribution in [0.2, 0.25) is 0 Å². The molecule has 0 saturated heterocycles.